The van der Waals surface area contributed by atoms with Crippen molar-refractivity contribution in [2.24, 2.45) is 0 Å². The van der Waals surface area contributed by atoms with Crippen molar-refractivity contribution < 1.29 is 4.74 Å². The lowest BCUT2D eigenvalue weighted by Crippen LogP contribution is -2.41. The summed E-state index contributed by atoms with van der Waals surface area (Å²) in [7, 11) is 0. The van der Waals surface area contributed by atoms with Crippen molar-refractivity contribution in [2.45, 2.75) is 25.8 Å². The molecule has 1 aromatic rings. The van der Waals surface area contributed by atoms with E-state index in [0.717, 1.165) is 32.6 Å². The van der Waals surface area contributed by atoms with Crippen molar-refractivity contribution in [1.82, 2.24) is 5.32 Å². The first-order chi connectivity index (χ1) is 8.34. The van der Waals surface area contributed by atoms with Crippen LogP contribution in [-0.4, -0.2) is 25.8 Å². The van der Waals surface area contributed by atoms with E-state index < -0.39 is 0 Å². The summed E-state index contributed by atoms with van der Waals surface area (Å²) >= 11 is 0. The molecule has 1 aromatic carbocycles. The molecule has 1 N–H and O–H groups in total. The molecule has 1 atom stereocenters. The second-order valence-corrected chi connectivity index (χ2v) is 4.67. The van der Waals surface area contributed by atoms with Crippen LogP contribution in [0.2, 0.25) is 0 Å². The molecule has 0 radical (unpaired) electrons. The van der Waals surface area contributed by atoms with Crippen LogP contribution in [-0.2, 0) is 11.2 Å². The fourth-order valence-corrected chi connectivity index (χ4v) is 2.13. The van der Waals surface area contributed by atoms with Crippen molar-refractivity contribution in [1.29, 1.82) is 0 Å². The molecule has 0 aliphatic carbocycles. The van der Waals surface area contributed by atoms with E-state index in [-0.39, 0.29) is 0 Å². The van der Waals surface area contributed by atoms with E-state index >= 15 is 0 Å². The quantitative estimate of drug-likeness (QED) is 0.804. The molecule has 0 bridgehead atoms. The average molecular weight is 231 g/mol. The van der Waals surface area contributed by atoms with Crippen LogP contribution < -0.4 is 5.32 Å². The van der Waals surface area contributed by atoms with E-state index in [1.807, 2.05) is 0 Å². The minimum absolute atomic E-state index is 0.496. The maximum atomic E-state index is 5.46. The molecule has 1 unspecified atom stereocenters. The number of hydrogen-bond donors (Lipinski definition) is 1. The summed E-state index contributed by atoms with van der Waals surface area (Å²) in [6.07, 6.45) is 4.44. The smallest absolute Gasteiger partial charge is 0.0623 e. The van der Waals surface area contributed by atoms with Crippen molar-refractivity contribution in [3.05, 3.63) is 47.5 Å². The first-order valence-corrected chi connectivity index (χ1v) is 6.35. The average Bonchev–Trinajstić information content (AvgIpc) is 2.39. The zero-order chi connectivity index (χ0) is 11.9. The Hall–Kier alpha value is -1.12. The Balaban J connectivity index is 1.80. The van der Waals surface area contributed by atoms with E-state index in [1.165, 1.54) is 11.1 Å². The van der Waals surface area contributed by atoms with Gasteiger partial charge in [0.1, 0.15) is 0 Å². The van der Waals surface area contributed by atoms with Crippen LogP contribution in [0.5, 0.6) is 0 Å². The van der Waals surface area contributed by atoms with Gasteiger partial charge < -0.3 is 10.1 Å². The van der Waals surface area contributed by atoms with E-state index in [0.29, 0.717) is 6.04 Å². The molecule has 2 rings (SSSR count). The van der Waals surface area contributed by atoms with Crippen LogP contribution >= 0.6 is 0 Å². The molecular formula is C15H21NO. The fourth-order valence-electron chi connectivity index (χ4n) is 2.13. The zero-order valence-corrected chi connectivity index (χ0v) is 10.5. The second-order valence-electron chi connectivity index (χ2n) is 4.67. The molecule has 1 saturated heterocycles. The van der Waals surface area contributed by atoms with E-state index in [1.54, 1.807) is 0 Å². The standard InChI is InChI=1S/C15H21NO/c1-13(11-15-12-17-10-9-16-15)7-8-14-5-3-2-4-6-14/h2-7,15-16H,8-12H2,1H3/b13-7-. The van der Waals surface area contributed by atoms with Crippen molar-refractivity contribution >= 4 is 0 Å². The Morgan fingerprint density at radius 2 is 2.24 bits per heavy atom. The number of hydrogen-bond acceptors (Lipinski definition) is 2. The minimum atomic E-state index is 0.496. The van der Waals surface area contributed by atoms with Gasteiger partial charge in [0.2, 0.25) is 0 Å². The first-order valence-electron chi connectivity index (χ1n) is 6.35. The normalized spacial score (nSPS) is 21.5. The van der Waals surface area contributed by atoms with E-state index in [2.05, 4.69) is 48.6 Å². The molecule has 0 saturated carbocycles. The van der Waals surface area contributed by atoms with Crippen LogP contribution in [0.3, 0.4) is 0 Å². The van der Waals surface area contributed by atoms with Gasteiger partial charge in [-0.2, -0.15) is 0 Å². The lowest BCUT2D eigenvalue weighted by Gasteiger charge is -2.24. The summed E-state index contributed by atoms with van der Waals surface area (Å²) in [5.74, 6) is 0. The minimum Gasteiger partial charge on any atom is -0.379 e. The number of rotatable bonds is 4. The van der Waals surface area contributed by atoms with Crippen molar-refractivity contribution in [2.75, 3.05) is 19.8 Å². The molecule has 92 valence electrons. The molecule has 0 spiro atoms. The van der Waals surface area contributed by atoms with Gasteiger partial charge in [-0.05, 0) is 25.3 Å². The molecule has 2 heteroatoms. The monoisotopic (exact) mass is 231 g/mol. The molecule has 1 aliphatic heterocycles. The number of morpholine rings is 1. The summed E-state index contributed by atoms with van der Waals surface area (Å²) in [5, 5.41) is 3.48. The van der Waals surface area contributed by atoms with Gasteiger partial charge in [0.05, 0.1) is 13.2 Å². The third-order valence-corrected chi connectivity index (χ3v) is 3.10. The van der Waals surface area contributed by atoms with Gasteiger partial charge in [-0.1, -0.05) is 42.0 Å². The maximum Gasteiger partial charge on any atom is 0.0623 e. The third kappa shape index (κ3) is 4.33. The fraction of sp³-hybridized carbons (Fsp3) is 0.467. The number of allylic oxidation sites excluding steroid dienone is 1. The highest BCUT2D eigenvalue weighted by molar-refractivity contribution is 5.19. The molecule has 0 aromatic heterocycles. The van der Waals surface area contributed by atoms with Gasteiger partial charge in [0, 0.05) is 12.6 Å². The molecule has 1 heterocycles. The van der Waals surface area contributed by atoms with Gasteiger partial charge in [0.25, 0.3) is 0 Å². The van der Waals surface area contributed by atoms with Gasteiger partial charge in [-0.15, -0.1) is 0 Å². The van der Waals surface area contributed by atoms with Gasteiger partial charge >= 0.3 is 0 Å². The molecule has 2 nitrogen and oxygen atoms in total. The number of ether oxygens (including phenoxy) is 1. The predicted molar refractivity (Wildman–Crippen MR) is 71.1 cm³/mol. The Morgan fingerprint density at radius 3 is 2.94 bits per heavy atom. The molecule has 17 heavy (non-hydrogen) atoms. The first kappa shape index (κ1) is 12.3. The van der Waals surface area contributed by atoms with Crippen molar-refractivity contribution in [3.63, 3.8) is 0 Å². The van der Waals surface area contributed by atoms with Crippen LogP contribution in [0.1, 0.15) is 18.9 Å². The van der Waals surface area contributed by atoms with Crippen LogP contribution in [0, 0.1) is 0 Å². The summed E-state index contributed by atoms with van der Waals surface area (Å²) < 4.78 is 5.46. The van der Waals surface area contributed by atoms with Crippen molar-refractivity contribution in [3.8, 4) is 0 Å². The SMILES string of the molecule is C/C(=C/Cc1ccccc1)CC1COCCN1. The van der Waals surface area contributed by atoms with Crippen LogP contribution in [0.25, 0.3) is 0 Å². The Labute approximate surface area is 104 Å². The van der Waals surface area contributed by atoms with Crippen LogP contribution in [0.4, 0.5) is 0 Å². The molecule has 1 fully saturated rings. The Morgan fingerprint density at radius 1 is 1.41 bits per heavy atom. The predicted octanol–water partition coefficient (Wildman–Crippen LogP) is 2.55. The highest BCUT2D eigenvalue weighted by Crippen LogP contribution is 2.10. The number of benzene rings is 1. The Bertz CT molecular complexity index is 352. The van der Waals surface area contributed by atoms with E-state index in [9.17, 15) is 0 Å². The summed E-state index contributed by atoms with van der Waals surface area (Å²) in [4.78, 5) is 0. The highest BCUT2D eigenvalue weighted by Gasteiger charge is 2.12. The summed E-state index contributed by atoms with van der Waals surface area (Å²) in [6.45, 7) is 4.88. The topological polar surface area (TPSA) is 21.3 Å². The number of nitrogens with one attached hydrogen (secondary N) is 1. The lowest BCUT2D eigenvalue weighted by atomic mass is 10.0. The summed E-state index contributed by atoms with van der Waals surface area (Å²) in [5.41, 5.74) is 2.82. The largest absolute Gasteiger partial charge is 0.379 e. The van der Waals surface area contributed by atoms with Gasteiger partial charge in [0.15, 0.2) is 0 Å². The molecule has 0 amide bonds. The lowest BCUT2D eigenvalue weighted by molar-refractivity contribution is 0.0770. The third-order valence-electron chi connectivity index (χ3n) is 3.10. The zero-order valence-electron chi connectivity index (χ0n) is 10.5. The van der Waals surface area contributed by atoms with Gasteiger partial charge in [-0.3, -0.25) is 0 Å². The van der Waals surface area contributed by atoms with Gasteiger partial charge in [-0.25, -0.2) is 0 Å². The van der Waals surface area contributed by atoms with E-state index in [4.69, 9.17) is 4.74 Å². The maximum absolute atomic E-state index is 5.46. The summed E-state index contributed by atoms with van der Waals surface area (Å²) in [6, 6.07) is 11.1. The second kappa shape index (κ2) is 6.58. The molecule has 1 aliphatic rings. The van der Waals surface area contributed by atoms with Crippen LogP contribution in [0.15, 0.2) is 42.0 Å². The Kier molecular flexibility index (Phi) is 4.77. The molecular weight excluding hydrogens is 210 g/mol. The highest BCUT2D eigenvalue weighted by atomic mass is 16.5.